The number of nitrogens with two attached hydrogens (primary N) is 1. The first-order chi connectivity index (χ1) is 18.4. The van der Waals surface area contributed by atoms with Crippen molar-refractivity contribution in [1.82, 2.24) is 5.32 Å². The Bertz CT molecular complexity index is 1280. The number of sulfonamides is 1. The average molecular weight is 569 g/mol. The van der Waals surface area contributed by atoms with Gasteiger partial charge in [0, 0.05) is 12.2 Å². The van der Waals surface area contributed by atoms with Crippen molar-refractivity contribution in [1.29, 1.82) is 0 Å². The van der Waals surface area contributed by atoms with E-state index in [1.54, 1.807) is 0 Å². The maximum absolute atomic E-state index is 12.2. The van der Waals surface area contributed by atoms with Crippen LogP contribution in [0.2, 0.25) is 11.1 Å². The Hall–Kier alpha value is -2.85. The summed E-state index contributed by atoms with van der Waals surface area (Å²) in [7, 11) is -4.68. The number of nitrogens with one attached hydrogen (secondary N) is 2. The predicted octanol–water partition coefficient (Wildman–Crippen LogP) is 5.92. The molecule has 0 fully saturated rings. The summed E-state index contributed by atoms with van der Waals surface area (Å²) in [6.45, 7) is 10.5. The molecular formula is C30H42N3O4SSi. The highest BCUT2D eigenvalue weighted by Gasteiger charge is 2.31. The van der Waals surface area contributed by atoms with E-state index in [1.807, 2.05) is 72.8 Å². The molecule has 0 aliphatic carbocycles. The van der Waals surface area contributed by atoms with Crippen molar-refractivity contribution in [3.8, 4) is 5.75 Å². The van der Waals surface area contributed by atoms with E-state index >= 15 is 0 Å². The van der Waals surface area contributed by atoms with Gasteiger partial charge in [0.1, 0.15) is 12.4 Å². The number of nitrogen functional groups attached to an aromatic ring is 1. The molecule has 39 heavy (non-hydrogen) atoms. The van der Waals surface area contributed by atoms with Crippen LogP contribution in [0.5, 0.6) is 5.75 Å². The first-order valence-electron chi connectivity index (χ1n) is 13.3. The summed E-state index contributed by atoms with van der Waals surface area (Å²) in [5, 5.41) is 3.60. The van der Waals surface area contributed by atoms with Gasteiger partial charge in [-0.3, -0.25) is 4.72 Å². The van der Waals surface area contributed by atoms with E-state index in [2.05, 4.69) is 37.7 Å². The molecule has 3 rings (SSSR count). The first kappa shape index (κ1) is 30.7. The third-order valence-electron chi connectivity index (χ3n) is 6.25. The number of hydrogen-bond acceptors (Lipinski definition) is 6. The van der Waals surface area contributed by atoms with Gasteiger partial charge >= 0.3 is 0 Å². The standard InChI is InChI=1S/C30H42N3O4SSi/c1-6-39(30(2,3)4)37-29(21-32-19-18-23-12-15-26(31)16-13-23)25-14-17-28(27(20-25)33-38(5,34)35)36-22-24-10-8-7-9-11-24/h7-17,20,29,32-33H,6,18-19,21-22,31H2,1-5H3. The fraction of sp³-hybridized carbons (Fsp3) is 0.400. The zero-order valence-corrected chi connectivity index (χ0v) is 25.5. The summed E-state index contributed by atoms with van der Waals surface area (Å²) < 4.78 is 39.9. The van der Waals surface area contributed by atoms with Crippen molar-refractivity contribution in [2.45, 2.75) is 57.9 Å². The van der Waals surface area contributed by atoms with E-state index in [9.17, 15) is 8.42 Å². The second kappa shape index (κ2) is 14.0. The summed E-state index contributed by atoms with van der Waals surface area (Å²) in [5.74, 6) is 0.472. The van der Waals surface area contributed by atoms with E-state index < -0.39 is 19.1 Å². The van der Waals surface area contributed by atoms with E-state index in [1.165, 1.54) is 5.56 Å². The van der Waals surface area contributed by atoms with Crippen LogP contribution in [0.1, 0.15) is 50.5 Å². The molecule has 3 aromatic rings. The number of benzene rings is 3. The monoisotopic (exact) mass is 568 g/mol. The van der Waals surface area contributed by atoms with Crippen molar-refractivity contribution < 1.29 is 17.6 Å². The van der Waals surface area contributed by atoms with Crippen molar-refractivity contribution in [3.05, 3.63) is 89.5 Å². The van der Waals surface area contributed by atoms with Gasteiger partial charge in [-0.15, -0.1) is 0 Å². The van der Waals surface area contributed by atoms with Crippen LogP contribution in [0.15, 0.2) is 72.8 Å². The lowest BCUT2D eigenvalue weighted by atomic mass is 10.1. The Morgan fingerprint density at radius 1 is 0.974 bits per heavy atom. The highest BCUT2D eigenvalue weighted by molar-refractivity contribution is 7.92. The van der Waals surface area contributed by atoms with Gasteiger partial charge in [-0.1, -0.05) is 76.2 Å². The molecule has 0 aromatic heterocycles. The van der Waals surface area contributed by atoms with E-state index in [0.717, 1.165) is 42.1 Å². The summed E-state index contributed by atoms with van der Waals surface area (Å²) >= 11 is 0. The van der Waals surface area contributed by atoms with Crippen LogP contribution in [0, 0.1) is 0 Å². The van der Waals surface area contributed by atoms with Crippen molar-refractivity contribution in [2.24, 2.45) is 0 Å². The Morgan fingerprint density at radius 3 is 2.28 bits per heavy atom. The fourth-order valence-corrected chi connectivity index (χ4v) is 6.93. The molecular weight excluding hydrogens is 527 g/mol. The van der Waals surface area contributed by atoms with E-state index in [4.69, 9.17) is 14.9 Å². The lowest BCUT2D eigenvalue weighted by Crippen LogP contribution is -2.34. The number of anilines is 2. The number of rotatable bonds is 14. The molecule has 0 saturated heterocycles. The molecule has 9 heteroatoms. The Morgan fingerprint density at radius 2 is 1.67 bits per heavy atom. The average Bonchev–Trinajstić information content (AvgIpc) is 2.87. The normalized spacial score (nSPS) is 12.9. The lowest BCUT2D eigenvalue weighted by Gasteiger charge is -2.32. The van der Waals surface area contributed by atoms with Crippen LogP contribution in [0.25, 0.3) is 0 Å². The van der Waals surface area contributed by atoms with E-state index in [0.29, 0.717) is 24.6 Å². The SMILES string of the molecule is CC[Si](OC(CNCCc1ccc(N)cc1)c1ccc(OCc2ccccc2)c(NS(C)(=O)=O)c1)C(C)(C)C. The minimum atomic E-state index is -3.52. The molecule has 0 aliphatic rings. The van der Waals surface area contributed by atoms with Crippen LogP contribution in [-0.4, -0.2) is 36.8 Å². The number of hydrogen-bond donors (Lipinski definition) is 3. The van der Waals surface area contributed by atoms with Crippen LogP contribution in [0.3, 0.4) is 0 Å². The third kappa shape index (κ3) is 10.3. The van der Waals surface area contributed by atoms with Crippen LogP contribution in [0.4, 0.5) is 11.4 Å². The van der Waals surface area contributed by atoms with Crippen LogP contribution >= 0.6 is 0 Å². The molecule has 0 saturated carbocycles. The van der Waals surface area contributed by atoms with Gasteiger partial charge in [-0.2, -0.15) is 0 Å². The molecule has 0 heterocycles. The molecule has 0 aliphatic heterocycles. The minimum absolute atomic E-state index is 0.0498. The molecule has 4 N–H and O–H groups in total. The second-order valence-electron chi connectivity index (χ2n) is 10.7. The first-order valence-corrected chi connectivity index (χ1v) is 16.8. The molecule has 0 spiro atoms. The van der Waals surface area contributed by atoms with Gasteiger partial charge in [-0.05, 0) is 65.0 Å². The molecule has 1 atom stereocenters. The number of ether oxygens (including phenoxy) is 1. The van der Waals surface area contributed by atoms with Gasteiger partial charge in [0.25, 0.3) is 0 Å². The summed E-state index contributed by atoms with van der Waals surface area (Å²) in [6.07, 6.45) is 1.77. The van der Waals surface area contributed by atoms with Gasteiger partial charge in [0.05, 0.1) is 18.0 Å². The van der Waals surface area contributed by atoms with E-state index in [-0.39, 0.29) is 11.1 Å². The Labute approximate surface area is 235 Å². The topological polar surface area (TPSA) is 103 Å². The maximum atomic E-state index is 12.2. The smallest absolute Gasteiger partial charge is 0.229 e. The van der Waals surface area contributed by atoms with Crippen molar-refractivity contribution in [3.63, 3.8) is 0 Å². The van der Waals surface area contributed by atoms with Gasteiger partial charge in [0.2, 0.25) is 19.1 Å². The quantitative estimate of drug-likeness (QED) is 0.127. The van der Waals surface area contributed by atoms with Gasteiger partial charge < -0.3 is 20.2 Å². The second-order valence-corrected chi connectivity index (χ2v) is 15.8. The summed E-state index contributed by atoms with van der Waals surface area (Å²) in [6, 6.07) is 24.3. The van der Waals surface area contributed by atoms with Crippen molar-refractivity contribution >= 4 is 30.4 Å². The highest BCUT2D eigenvalue weighted by atomic mass is 32.2. The third-order valence-corrected chi connectivity index (χ3v) is 9.72. The van der Waals surface area contributed by atoms with Gasteiger partial charge in [-0.25, -0.2) is 8.42 Å². The van der Waals surface area contributed by atoms with Crippen LogP contribution in [-0.2, 0) is 27.5 Å². The molecule has 0 bridgehead atoms. The zero-order valence-electron chi connectivity index (χ0n) is 23.7. The lowest BCUT2D eigenvalue weighted by molar-refractivity contribution is 0.190. The molecule has 211 valence electrons. The molecule has 7 nitrogen and oxygen atoms in total. The Kier molecular flexibility index (Phi) is 11.0. The maximum Gasteiger partial charge on any atom is 0.229 e. The molecule has 1 unspecified atom stereocenters. The fourth-order valence-electron chi connectivity index (χ4n) is 4.23. The summed E-state index contributed by atoms with van der Waals surface area (Å²) in [4.78, 5) is 0. The summed E-state index contributed by atoms with van der Waals surface area (Å²) in [5.41, 5.74) is 10.1. The zero-order chi connectivity index (χ0) is 28.5. The minimum Gasteiger partial charge on any atom is -0.487 e. The largest absolute Gasteiger partial charge is 0.487 e. The predicted molar refractivity (Wildman–Crippen MR) is 163 cm³/mol. The molecule has 0 amide bonds. The van der Waals surface area contributed by atoms with Gasteiger partial charge in [0.15, 0.2) is 0 Å². The van der Waals surface area contributed by atoms with Crippen LogP contribution < -0.4 is 20.5 Å². The molecule has 3 aromatic carbocycles. The highest BCUT2D eigenvalue weighted by Crippen LogP contribution is 2.36. The Balaban J connectivity index is 1.82. The molecule has 1 radical (unpaired) electrons. The van der Waals surface area contributed by atoms with Crippen molar-refractivity contribution in [2.75, 3.05) is 29.8 Å².